The van der Waals surface area contributed by atoms with E-state index < -0.39 is 11.7 Å². The number of anilines is 4. The maximum atomic E-state index is 13.2. The number of alkyl halides is 3. The summed E-state index contributed by atoms with van der Waals surface area (Å²) in [6.45, 7) is 2.83. The fourth-order valence-corrected chi connectivity index (χ4v) is 3.72. The lowest BCUT2D eigenvalue weighted by Crippen LogP contribution is -2.47. The number of nitrogen functional groups attached to an aromatic ring is 1. The van der Waals surface area contributed by atoms with E-state index in [0.29, 0.717) is 36.0 Å². The minimum Gasteiger partial charge on any atom is -0.383 e. The molecule has 0 amide bonds. The molecule has 0 unspecified atom stereocenters. The average Bonchev–Trinajstić information content (AvgIpc) is 2.78. The highest BCUT2D eigenvalue weighted by Gasteiger charge is 2.31. The van der Waals surface area contributed by atoms with Crippen LogP contribution >= 0.6 is 0 Å². The van der Waals surface area contributed by atoms with Gasteiger partial charge in [0.05, 0.1) is 11.1 Å². The van der Waals surface area contributed by atoms with Crippen LogP contribution in [0, 0.1) is 0 Å². The average molecular weight is 443 g/mol. The summed E-state index contributed by atoms with van der Waals surface area (Å²) in [5, 5.41) is 0. The smallest absolute Gasteiger partial charge is 0.383 e. The Balaban J connectivity index is 1.63. The minimum absolute atomic E-state index is 0.144. The van der Waals surface area contributed by atoms with Crippen molar-refractivity contribution in [2.24, 2.45) is 0 Å². The van der Waals surface area contributed by atoms with Crippen LogP contribution in [0.4, 0.5) is 36.6 Å². The van der Waals surface area contributed by atoms with Crippen molar-refractivity contribution in [3.8, 4) is 11.1 Å². The van der Waals surface area contributed by atoms with Crippen molar-refractivity contribution in [2.75, 3.05) is 60.7 Å². The Labute approximate surface area is 184 Å². The largest absolute Gasteiger partial charge is 0.416 e. The number of hydrogen-bond acceptors (Lipinski definition) is 7. The van der Waals surface area contributed by atoms with Crippen molar-refractivity contribution in [3.05, 3.63) is 54.2 Å². The Morgan fingerprint density at radius 2 is 1.66 bits per heavy atom. The molecule has 168 valence electrons. The molecule has 10 heteroatoms. The van der Waals surface area contributed by atoms with Crippen LogP contribution in [0.15, 0.2) is 48.7 Å². The quantitative estimate of drug-likeness (QED) is 0.661. The van der Waals surface area contributed by atoms with Crippen LogP contribution in [0.5, 0.6) is 0 Å². The van der Waals surface area contributed by atoms with Gasteiger partial charge in [-0.3, -0.25) is 0 Å². The van der Waals surface area contributed by atoms with E-state index in [1.54, 1.807) is 31.3 Å². The van der Waals surface area contributed by atoms with Crippen molar-refractivity contribution >= 4 is 23.4 Å². The topological polar surface area (TPSA) is 74.4 Å². The summed E-state index contributed by atoms with van der Waals surface area (Å²) in [6, 6.07) is 10.9. The molecule has 0 aliphatic carbocycles. The fraction of sp³-hybridized carbons (Fsp3) is 0.318. The standard InChI is InChI=1S/C22H24F3N7/c1-30(2)20-18(15-6-5-7-16(14-15)22(23,24)25)19(26)28-21(29-20)32-12-10-31(11-13-32)17-8-3-4-9-27-17/h3-9,14H,10-13H2,1-2H3,(H2,26,28,29). The molecule has 0 atom stereocenters. The highest BCUT2D eigenvalue weighted by Crippen LogP contribution is 2.38. The molecular weight excluding hydrogens is 419 g/mol. The SMILES string of the molecule is CN(C)c1nc(N2CCN(c3ccccn3)CC2)nc(N)c1-c1cccc(C(F)(F)F)c1. The van der Waals surface area contributed by atoms with E-state index in [-0.39, 0.29) is 5.82 Å². The summed E-state index contributed by atoms with van der Waals surface area (Å²) in [5.74, 6) is 1.99. The molecule has 32 heavy (non-hydrogen) atoms. The van der Waals surface area contributed by atoms with E-state index >= 15 is 0 Å². The highest BCUT2D eigenvalue weighted by molar-refractivity contribution is 5.85. The second kappa shape index (κ2) is 8.52. The van der Waals surface area contributed by atoms with Gasteiger partial charge in [-0.15, -0.1) is 0 Å². The van der Waals surface area contributed by atoms with E-state index in [0.717, 1.165) is 31.0 Å². The third kappa shape index (κ3) is 4.39. The maximum Gasteiger partial charge on any atom is 0.416 e. The molecule has 0 radical (unpaired) electrons. The number of nitrogens with zero attached hydrogens (tertiary/aromatic N) is 6. The molecule has 0 spiro atoms. The summed E-state index contributed by atoms with van der Waals surface area (Å²) < 4.78 is 39.6. The Morgan fingerprint density at radius 1 is 0.938 bits per heavy atom. The van der Waals surface area contributed by atoms with Crippen molar-refractivity contribution < 1.29 is 13.2 Å². The predicted molar refractivity (Wildman–Crippen MR) is 120 cm³/mol. The monoisotopic (exact) mass is 443 g/mol. The number of piperazine rings is 1. The summed E-state index contributed by atoms with van der Waals surface area (Å²) in [5.41, 5.74) is 6.24. The van der Waals surface area contributed by atoms with Crippen LogP contribution in [0.1, 0.15) is 5.56 Å². The van der Waals surface area contributed by atoms with Crippen molar-refractivity contribution in [1.29, 1.82) is 0 Å². The first kappa shape index (κ1) is 21.7. The van der Waals surface area contributed by atoms with E-state index in [1.165, 1.54) is 6.07 Å². The van der Waals surface area contributed by atoms with Gasteiger partial charge < -0.3 is 20.4 Å². The molecule has 2 aromatic heterocycles. The van der Waals surface area contributed by atoms with Crippen LogP contribution in [0.2, 0.25) is 0 Å². The molecule has 1 aliphatic rings. The van der Waals surface area contributed by atoms with Crippen molar-refractivity contribution in [1.82, 2.24) is 15.0 Å². The summed E-state index contributed by atoms with van der Waals surface area (Å²) in [7, 11) is 3.56. The van der Waals surface area contributed by atoms with E-state index in [2.05, 4.69) is 19.9 Å². The summed E-state index contributed by atoms with van der Waals surface area (Å²) in [4.78, 5) is 19.5. The zero-order chi connectivity index (χ0) is 22.9. The maximum absolute atomic E-state index is 13.2. The molecule has 1 aromatic carbocycles. The van der Waals surface area contributed by atoms with Crippen LogP contribution < -0.4 is 20.4 Å². The lowest BCUT2D eigenvalue weighted by atomic mass is 10.0. The molecular formula is C22H24F3N7. The van der Waals surface area contributed by atoms with Gasteiger partial charge in [0.25, 0.3) is 0 Å². The first-order valence-corrected chi connectivity index (χ1v) is 10.2. The second-order valence-corrected chi connectivity index (χ2v) is 7.74. The molecule has 1 fully saturated rings. The van der Waals surface area contributed by atoms with E-state index in [1.807, 2.05) is 23.1 Å². The minimum atomic E-state index is -4.45. The summed E-state index contributed by atoms with van der Waals surface area (Å²) >= 11 is 0. The normalized spacial score (nSPS) is 14.5. The van der Waals surface area contributed by atoms with Crippen LogP contribution in [0.3, 0.4) is 0 Å². The van der Waals surface area contributed by atoms with E-state index in [4.69, 9.17) is 5.73 Å². The first-order valence-electron chi connectivity index (χ1n) is 10.2. The third-order valence-electron chi connectivity index (χ3n) is 5.34. The van der Waals surface area contributed by atoms with Crippen molar-refractivity contribution in [3.63, 3.8) is 0 Å². The second-order valence-electron chi connectivity index (χ2n) is 7.74. The number of rotatable bonds is 4. The van der Waals surface area contributed by atoms with Crippen LogP contribution in [-0.2, 0) is 6.18 Å². The molecule has 7 nitrogen and oxygen atoms in total. The lowest BCUT2D eigenvalue weighted by molar-refractivity contribution is -0.137. The highest BCUT2D eigenvalue weighted by atomic mass is 19.4. The number of pyridine rings is 1. The molecule has 2 N–H and O–H groups in total. The lowest BCUT2D eigenvalue weighted by Gasteiger charge is -2.35. The number of nitrogens with two attached hydrogens (primary N) is 1. The molecule has 3 heterocycles. The molecule has 1 aliphatic heterocycles. The molecule has 3 aromatic rings. The first-order chi connectivity index (χ1) is 15.2. The van der Waals surface area contributed by atoms with E-state index in [9.17, 15) is 13.2 Å². The van der Waals surface area contributed by atoms with Gasteiger partial charge in [0.2, 0.25) is 5.95 Å². The van der Waals surface area contributed by atoms with Gasteiger partial charge in [-0.2, -0.15) is 23.1 Å². The number of hydrogen-bond donors (Lipinski definition) is 1. The molecule has 0 bridgehead atoms. The van der Waals surface area contributed by atoms with Crippen LogP contribution in [0.25, 0.3) is 11.1 Å². The third-order valence-corrected chi connectivity index (χ3v) is 5.34. The number of halogens is 3. The Kier molecular flexibility index (Phi) is 5.77. The summed E-state index contributed by atoms with van der Waals surface area (Å²) in [6.07, 6.45) is -2.68. The van der Waals surface area contributed by atoms with Crippen LogP contribution in [-0.4, -0.2) is 55.2 Å². The van der Waals surface area contributed by atoms with Gasteiger partial charge in [0.15, 0.2) is 0 Å². The van der Waals surface area contributed by atoms with Gasteiger partial charge in [-0.25, -0.2) is 4.98 Å². The van der Waals surface area contributed by atoms with Crippen molar-refractivity contribution in [2.45, 2.75) is 6.18 Å². The van der Waals surface area contributed by atoms with Gasteiger partial charge >= 0.3 is 6.18 Å². The zero-order valence-electron chi connectivity index (χ0n) is 17.8. The van der Waals surface area contributed by atoms with Gasteiger partial charge in [-0.1, -0.05) is 18.2 Å². The Morgan fingerprint density at radius 3 is 2.28 bits per heavy atom. The molecule has 0 saturated carbocycles. The molecule has 1 saturated heterocycles. The molecule has 4 rings (SSSR count). The predicted octanol–water partition coefficient (Wildman–Crippen LogP) is 3.53. The fourth-order valence-electron chi connectivity index (χ4n) is 3.72. The van der Waals surface area contributed by atoms with Gasteiger partial charge in [0, 0.05) is 46.5 Å². The Hall–Kier alpha value is -3.56. The zero-order valence-corrected chi connectivity index (χ0v) is 17.8. The number of benzene rings is 1. The number of aromatic nitrogens is 3. The van der Waals surface area contributed by atoms with Gasteiger partial charge in [0.1, 0.15) is 17.5 Å². The Bertz CT molecular complexity index is 1080. The van der Waals surface area contributed by atoms with Gasteiger partial charge in [-0.05, 0) is 29.8 Å².